The molecule has 0 spiro atoms. The summed E-state index contributed by atoms with van der Waals surface area (Å²) in [7, 11) is 2.05. The molecule has 3 rings (SSSR count). The van der Waals surface area contributed by atoms with Crippen LogP contribution < -0.4 is 4.74 Å². The second-order valence-electron chi connectivity index (χ2n) is 5.88. The Morgan fingerprint density at radius 2 is 2.11 bits per heavy atom. The number of likely N-dealkylation sites (N-methyl/N-ethyl adjacent to an activating group) is 1. The summed E-state index contributed by atoms with van der Waals surface area (Å²) in [6, 6.07) is 6.36. The highest BCUT2D eigenvalue weighted by atomic mass is 16.5. The number of aryl methyl sites for hydroxylation is 1. The lowest BCUT2D eigenvalue weighted by molar-refractivity contribution is -0.0186. The third-order valence-corrected chi connectivity index (χ3v) is 4.35. The summed E-state index contributed by atoms with van der Waals surface area (Å²) in [4.78, 5) is 2.16. The smallest absolute Gasteiger partial charge is 0.127 e. The van der Waals surface area contributed by atoms with Crippen LogP contribution in [0.1, 0.15) is 30.4 Å². The van der Waals surface area contributed by atoms with Crippen molar-refractivity contribution >= 4 is 0 Å². The van der Waals surface area contributed by atoms with Gasteiger partial charge in [-0.15, -0.1) is 0 Å². The molecule has 1 aromatic rings. The van der Waals surface area contributed by atoms with Crippen LogP contribution in [0.15, 0.2) is 18.2 Å². The zero-order chi connectivity index (χ0) is 13.2. The molecule has 0 aromatic heterocycles. The van der Waals surface area contributed by atoms with E-state index < -0.39 is 0 Å². The van der Waals surface area contributed by atoms with E-state index in [9.17, 15) is 5.11 Å². The van der Waals surface area contributed by atoms with Crippen molar-refractivity contribution in [1.29, 1.82) is 0 Å². The van der Waals surface area contributed by atoms with Gasteiger partial charge in [0.1, 0.15) is 18.0 Å². The van der Waals surface area contributed by atoms with Crippen molar-refractivity contribution in [2.75, 3.05) is 20.1 Å². The molecule has 0 saturated carbocycles. The van der Waals surface area contributed by atoms with Crippen molar-refractivity contribution < 1.29 is 9.84 Å². The molecule has 0 amide bonds. The minimum absolute atomic E-state index is 0.0513. The van der Waals surface area contributed by atoms with E-state index in [0.29, 0.717) is 6.54 Å². The van der Waals surface area contributed by atoms with E-state index >= 15 is 0 Å². The van der Waals surface area contributed by atoms with Crippen molar-refractivity contribution in [1.82, 2.24) is 4.90 Å². The Kier molecular flexibility index (Phi) is 3.76. The summed E-state index contributed by atoms with van der Waals surface area (Å²) in [5.41, 5.74) is 2.81. The standard InChI is InChI=1S/C16H23NO2/c1-17-10-9-16(14(18)11-17)19-15-8-4-6-12-5-2-3-7-13(12)15/h4,6,8,14,16,18H,2-3,5,7,9-11H2,1H3/t14-,16-/m0/s1. The molecule has 2 aliphatic rings. The van der Waals surface area contributed by atoms with Crippen molar-refractivity contribution in [3.05, 3.63) is 29.3 Å². The molecule has 0 radical (unpaired) electrons. The molecule has 0 unspecified atom stereocenters. The van der Waals surface area contributed by atoms with Gasteiger partial charge < -0.3 is 14.7 Å². The first-order valence-corrected chi connectivity index (χ1v) is 7.38. The van der Waals surface area contributed by atoms with Gasteiger partial charge in [0.2, 0.25) is 0 Å². The number of hydrogen-bond donors (Lipinski definition) is 1. The molecule has 2 atom stereocenters. The Morgan fingerprint density at radius 1 is 1.26 bits per heavy atom. The molecule has 0 bridgehead atoms. The largest absolute Gasteiger partial charge is 0.487 e. The van der Waals surface area contributed by atoms with Gasteiger partial charge in [-0.2, -0.15) is 0 Å². The van der Waals surface area contributed by atoms with E-state index in [1.54, 1.807) is 0 Å². The van der Waals surface area contributed by atoms with Gasteiger partial charge in [-0.25, -0.2) is 0 Å². The van der Waals surface area contributed by atoms with Crippen LogP contribution in [0.5, 0.6) is 5.75 Å². The van der Waals surface area contributed by atoms with Gasteiger partial charge in [0.15, 0.2) is 0 Å². The summed E-state index contributed by atoms with van der Waals surface area (Å²) >= 11 is 0. The number of hydrogen-bond acceptors (Lipinski definition) is 3. The predicted molar refractivity (Wildman–Crippen MR) is 75.6 cm³/mol. The second kappa shape index (κ2) is 5.51. The van der Waals surface area contributed by atoms with E-state index in [2.05, 4.69) is 23.1 Å². The first-order chi connectivity index (χ1) is 9.24. The Labute approximate surface area is 115 Å². The summed E-state index contributed by atoms with van der Waals surface area (Å²) < 4.78 is 6.14. The zero-order valence-electron chi connectivity index (χ0n) is 11.6. The second-order valence-corrected chi connectivity index (χ2v) is 5.88. The average molecular weight is 261 g/mol. The van der Waals surface area contributed by atoms with Gasteiger partial charge >= 0.3 is 0 Å². The van der Waals surface area contributed by atoms with E-state index in [1.807, 2.05) is 7.05 Å². The molecule has 19 heavy (non-hydrogen) atoms. The fourth-order valence-electron chi connectivity index (χ4n) is 3.23. The van der Waals surface area contributed by atoms with Crippen LogP contribution in [0.25, 0.3) is 0 Å². The normalized spacial score (nSPS) is 27.9. The summed E-state index contributed by atoms with van der Waals surface area (Å²) in [6.45, 7) is 1.70. The predicted octanol–water partition coefficient (Wildman–Crippen LogP) is 2.01. The maximum atomic E-state index is 10.1. The molecule has 1 saturated heterocycles. The number of aliphatic hydroxyl groups excluding tert-OH is 1. The number of benzene rings is 1. The Bertz CT molecular complexity index is 446. The van der Waals surface area contributed by atoms with Crippen LogP contribution in [0, 0.1) is 0 Å². The van der Waals surface area contributed by atoms with Crippen molar-refractivity contribution in [3.63, 3.8) is 0 Å². The van der Waals surface area contributed by atoms with Crippen LogP contribution in [0.3, 0.4) is 0 Å². The summed E-state index contributed by atoms with van der Waals surface area (Å²) in [5.74, 6) is 1.01. The first-order valence-electron chi connectivity index (χ1n) is 7.38. The van der Waals surface area contributed by atoms with Gasteiger partial charge in [-0.3, -0.25) is 0 Å². The van der Waals surface area contributed by atoms with Gasteiger partial charge in [-0.05, 0) is 56.3 Å². The van der Waals surface area contributed by atoms with Crippen molar-refractivity contribution in [2.24, 2.45) is 0 Å². The number of nitrogens with zero attached hydrogens (tertiary/aromatic N) is 1. The SMILES string of the molecule is CN1CC[C@H](Oc2cccc3c2CCCC3)[C@@H](O)C1. The molecule has 3 nitrogen and oxygen atoms in total. The molecule has 1 heterocycles. The maximum absolute atomic E-state index is 10.1. The van der Waals surface area contributed by atoms with Crippen LogP contribution in [0.4, 0.5) is 0 Å². The van der Waals surface area contributed by atoms with E-state index in [-0.39, 0.29) is 12.2 Å². The van der Waals surface area contributed by atoms with Crippen molar-refractivity contribution in [2.45, 2.75) is 44.3 Å². The highest BCUT2D eigenvalue weighted by Gasteiger charge is 2.28. The van der Waals surface area contributed by atoms with E-state index in [4.69, 9.17) is 4.74 Å². The number of rotatable bonds is 2. The Morgan fingerprint density at radius 3 is 2.95 bits per heavy atom. The molecule has 3 heteroatoms. The minimum atomic E-state index is -0.377. The monoisotopic (exact) mass is 261 g/mol. The van der Waals surface area contributed by atoms with Crippen LogP contribution in [-0.4, -0.2) is 42.4 Å². The molecule has 1 N–H and O–H groups in total. The summed E-state index contributed by atoms with van der Waals surface area (Å²) in [5, 5.41) is 10.1. The van der Waals surface area contributed by atoms with Gasteiger partial charge in [0.05, 0.1) is 0 Å². The van der Waals surface area contributed by atoms with Gasteiger partial charge in [-0.1, -0.05) is 12.1 Å². The number of β-amino-alcohol motifs (C(OH)–C–C–N with tert-alkyl or cyclic N) is 1. The summed E-state index contributed by atoms with van der Waals surface area (Å²) in [6.07, 6.45) is 5.30. The minimum Gasteiger partial charge on any atom is -0.487 e. The maximum Gasteiger partial charge on any atom is 0.127 e. The zero-order valence-corrected chi connectivity index (χ0v) is 11.6. The average Bonchev–Trinajstić information content (AvgIpc) is 2.42. The van der Waals surface area contributed by atoms with Crippen molar-refractivity contribution in [3.8, 4) is 5.75 Å². The molecular formula is C16H23NO2. The van der Waals surface area contributed by atoms with Gasteiger partial charge in [0.25, 0.3) is 0 Å². The molecule has 1 aliphatic carbocycles. The molecule has 1 aliphatic heterocycles. The number of likely N-dealkylation sites (tertiary alicyclic amines) is 1. The lowest BCUT2D eigenvalue weighted by Crippen LogP contribution is -2.47. The number of ether oxygens (including phenoxy) is 1. The topological polar surface area (TPSA) is 32.7 Å². The highest BCUT2D eigenvalue weighted by Crippen LogP contribution is 2.31. The molecule has 1 aromatic carbocycles. The fourth-order valence-corrected chi connectivity index (χ4v) is 3.23. The van der Waals surface area contributed by atoms with Crippen LogP contribution >= 0.6 is 0 Å². The third kappa shape index (κ3) is 2.77. The van der Waals surface area contributed by atoms with Crippen LogP contribution in [0.2, 0.25) is 0 Å². The number of aliphatic hydroxyl groups is 1. The first kappa shape index (κ1) is 12.9. The lowest BCUT2D eigenvalue weighted by atomic mass is 9.91. The molecule has 104 valence electrons. The molecular weight excluding hydrogens is 238 g/mol. The highest BCUT2D eigenvalue weighted by molar-refractivity contribution is 5.41. The quantitative estimate of drug-likeness (QED) is 0.884. The van der Waals surface area contributed by atoms with E-state index in [0.717, 1.165) is 25.1 Å². The fraction of sp³-hybridized carbons (Fsp3) is 0.625. The van der Waals surface area contributed by atoms with Gasteiger partial charge in [0, 0.05) is 13.1 Å². The number of piperidine rings is 1. The Balaban J connectivity index is 1.76. The molecule has 1 fully saturated rings. The number of fused-ring (bicyclic) bond motifs is 1. The lowest BCUT2D eigenvalue weighted by Gasteiger charge is -2.34. The Hall–Kier alpha value is -1.06. The van der Waals surface area contributed by atoms with E-state index in [1.165, 1.54) is 30.4 Å². The van der Waals surface area contributed by atoms with Crippen LogP contribution in [-0.2, 0) is 12.8 Å². The third-order valence-electron chi connectivity index (χ3n) is 4.35.